The van der Waals surface area contributed by atoms with Crippen LogP contribution in [0.5, 0.6) is 0 Å². The Morgan fingerprint density at radius 3 is 2.80 bits per heavy atom. The average molecular weight is 471 g/mol. The van der Waals surface area contributed by atoms with Gasteiger partial charge < -0.3 is 19.8 Å². The summed E-state index contributed by atoms with van der Waals surface area (Å²) in [5.74, 6) is 0.348. The SMILES string of the molecule is CN(C)[C@H]1C[C@@]23CC[C@@]4(O2)C(=CC[C@]2(C)C(c5cccc6cnccc56)=CCC24)C=C3[C@@H](O)[C@@H]1O. The molecule has 2 aromatic rings. The zero-order valence-corrected chi connectivity index (χ0v) is 20.7. The number of aliphatic hydroxyl groups is 2. The summed E-state index contributed by atoms with van der Waals surface area (Å²) in [7, 11) is 3.96. The monoisotopic (exact) mass is 470 g/mol. The van der Waals surface area contributed by atoms with Crippen LogP contribution in [0.3, 0.4) is 0 Å². The number of benzene rings is 1. The highest BCUT2D eigenvalue weighted by molar-refractivity contribution is 5.95. The van der Waals surface area contributed by atoms with E-state index in [-0.39, 0.29) is 17.1 Å². The maximum atomic E-state index is 11.2. The van der Waals surface area contributed by atoms with Crippen molar-refractivity contribution in [2.45, 2.75) is 68.5 Å². The van der Waals surface area contributed by atoms with Gasteiger partial charge in [-0.05, 0) is 79.9 Å². The molecule has 1 aromatic heterocycles. The fourth-order valence-corrected chi connectivity index (χ4v) is 8.27. The standard InChI is InChI=1S/C30H34N2O3/c1-28-11-9-19-15-23-26(33)27(34)24(32(2)3)16-29(23)12-13-30(19,35-29)25(28)8-7-22(28)21-6-4-5-18-17-31-14-10-20(18)21/h4-7,9-10,14-15,17,24-27,33-34H,8,11-13,16H2,1-3H3/t24-,25?,26+,27+,28+,29+,30+/m0/s1. The second kappa shape index (κ2) is 7.13. The maximum absolute atomic E-state index is 11.2. The number of likely N-dealkylation sites (N-methyl/N-ethyl adjacent to an activating group) is 1. The van der Waals surface area contributed by atoms with Crippen LogP contribution >= 0.6 is 0 Å². The van der Waals surface area contributed by atoms with Crippen molar-refractivity contribution in [3.05, 3.63) is 71.6 Å². The lowest BCUT2D eigenvalue weighted by atomic mass is 9.58. The van der Waals surface area contributed by atoms with E-state index in [4.69, 9.17) is 4.74 Å². The molecule has 3 heterocycles. The molecule has 2 aliphatic heterocycles. The van der Waals surface area contributed by atoms with E-state index in [1.165, 1.54) is 27.5 Å². The number of hydrogen-bond donors (Lipinski definition) is 2. The molecule has 5 heteroatoms. The van der Waals surface area contributed by atoms with Crippen LogP contribution in [-0.2, 0) is 4.74 Å². The zero-order valence-electron chi connectivity index (χ0n) is 20.7. The zero-order chi connectivity index (χ0) is 24.2. The van der Waals surface area contributed by atoms with Crippen LogP contribution in [0, 0.1) is 11.3 Å². The molecule has 3 aliphatic carbocycles. The van der Waals surface area contributed by atoms with Crippen molar-refractivity contribution >= 4 is 16.3 Å². The largest absolute Gasteiger partial charge is 0.388 e. The molecule has 1 aromatic carbocycles. The summed E-state index contributed by atoms with van der Waals surface area (Å²) in [6.45, 7) is 2.42. The van der Waals surface area contributed by atoms with E-state index in [0.29, 0.717) is 5.92 Å². The molecule has 7 rings (SSSR count). The van der Waals surface area contributed by atoms with Crippen LogP contribution in [0.2, 0.25) is 0 Å². The number of aliphatic hydroxyl groups excluding tert-OH is 2. The second-order valence-electron chi connectivity index (χ2n) is 11.8. The summed E-state index contributed by atoms with van der Waals surface area (Å²) in [6.07, 6.45) is 13.7. The highest BCUT2D eigenvalue weighted by Crippen LogP contribution is 2.68. The van der Waals surface area contributed by atoms with Crippen LogP contribution in [0.25, 0.3) is 16.3 Å². The highest BCUT2D eigenvalue weighted by Gasteiger charge is 2.67. The van der Waals surface area contributed by atoms with E-state index < -0.39 is 17.8 Å². The third-order valence-electron chi connectivity index (χ3n) is 10.1. The summed E-state index contributed by atoms with van der Waals surface area (Å²) in [4.78, 5) is 6.37. The van der Waals surface area contributed by atoms with Gasteiger partial charge in [0.05, 0.1) is 17.3 Å². The fourth-order valence-electron chi connectivity index (χ4n) is 8.27. The molecule has 5 nitrogen and oxygen atoms in total. The minimum Gasteiger partial charge on any atom is -0.388 e. The Morgan fingerprint density at radius 1 is 1.11 bits per heavy atom. The Bertz CT molecular complexity index is 1320. The first-order valence-corrected chi connectivity index (χ1v) is 13.0. The minimum absolute atomic E-state index is 0.0221. The molecular formula is C30H34N2O3. The van der Waals surface area contributed by atoms with Crippen LogP contribution in [0.15, 0.2) is 66.0 Å². The van der Waals surface area contributed by atoms with Gasteiger partial charge in [0, 0.05) is 35.2 Å². The van der Waals surface area contributed by atoms with E-state index in [2.05, 4.69) is 54.4 Å². The van der Waals surface area contributed by atoms with E-state index >= 15 is 0 Å². The van der Waals surface area contributed by atoms with Crippen LogP contribution < -0.4 is 0 Å². The second-order valence-corrected chi connectivity index (χ2v) is 11.8. The summed E-state index contributed by atoms with van der Waals surface area (Å²) < 4.78 is 7.25. The molecule has 7 atom stereocenters. The van der Waals surface area contributed by atoms with Crippen molar-refractivity contribution < 1.29 is 14.9 Å². The number of fused-ring (bicyclic) bond motifs is 2. The molecule has 2 bridgehead atoms. The Hall–Kier alpha value is -2.31. The number of rotatable bonds is 2. The van der Waals surface area contributed by atoms with Gasteiger partial charge in [-0.15, -0.1) is 0 Å². The number of aromatic nitrogens is 1. The molecule has 1 saturated heterocycles. The minimum atomic E-state index is -0.886. The molecule has 1 unspecified atom stereocenters. The Morgan fingerprint density at radius 2 is 1.97 bits per heavy atom. The lowest BCUT2D eigenvalue weighted by Gasteiger charge is -2.55. The molecule has 35 heavy (non-hydrogen) atoms. The molecule has 2 spiro atoms. The average Bonchev–Trinajstić information content (AvgIpc) is 3.37. The third kappa shape index (κ3) is 2.70. The first kappa shape index (κ1) is 21.9. The Labute approximate surface area is 206 Å². The van der Waals surface area contributed by atoms with Crippen LogP contribution in [0.1, 0.15) is 44.6 Å². The van der Waals surface area contributed by atoms with Crippen LogP contribution in [-0.4, -0.2) is 63.6 Å². The van der Waals surface area contributed by atoms with E-state index in [9.17, 15) is 10.2 Å². The normalized spacial score (nSPS) is 41.7. The number of allylic oxidation sites excluding steroid dienone is 3. The van der Waals surface area contributed by atoms with E-state index in [1.807, 2.05) is 31.4 Å². The highest BCUT2D eigenvalue weighted by atomic mass is 16.5. The van der Waals surface area contributed by atoms with Gasteiger partial charge in [-0.3, -0.25) is 4.98 Å². The molecule has 1 saturated carbocycles. The van der Waals surface area contributed by atoms with Gasteiger partial charge in [0.15, 0.2) is 0 Å². The molecule has 5 aliphatic rings. The first-order chi connectivity index (χ1) is 16.8. The Balaban J connectivity index is 1.33. The molecule has 2 fully saturated rings. The topological polar surface area (TPSA) is 65.8 Å². The number of nitrogens with zero attached hydrogens (tertiary/aromatic N) is 2. The quantitative estimate of drug-likeness (QED) is 0.687. The molecule has 182 valence electrons. The fraction of sp³-hybridized carbons (Fsp3) is 0.500. The van der Waals surface area contributed by atoms with Crippen molar-refractivity contribution in [2.24, 2.45) is 11.3 Å². The van der Waals surface area contributed by atoms with Gasteiger partial charge in [0.25, 0.3) is 0 Å². The predicted octanol–water partition coefficient (Wildman–Crippen LogP) is 4.26. The van der Waals surface area contributed by atoms with Crippen molar-refractivity contribution in [3.63, 3.8) is 0 Å². The lowest BCUT2D eigenvalue weighted by Crippen LogP contribution is -2.61. The maximum Gasteiger partial charge on any atom is 0.105 e. The van der Waals surface area contributed by atoms with Crippen molar-refractivity contribution in [3.8, 4) is 0 Å². The third-order valence-corrected chi connectivity index (χ3v) is 10.1. The van der Waals surface area contributed by atoms with Crippen molar-refractivity contribution in [1.82, 2.24) is 9.88 Å². The smallest absolute Gasteiger partial charge is 0.105 e. The molecule has 2 N–H and O–H groups in total. The van der Waals surface area contributed by atoms with Gasteiger partial charge in [-0.2, -0.15) is 0 Å². The number of hydrogen-bond acceptors (Lipinski definition) is 5. The van der Waals surface area contributed by atoms with Crippen molar-refractivity contribution in [1.29, 1.82) is 0 Å². The van der Waals surface area contributed by atoms with Gasteiger partial charge in [-0.25, -0.2) is 0 Å². The van der Waals surface area contributed by atoms with Crippen molar-refractivity contribution in [2.75, 3.05) is 14.1 Å². The van der Waals surface area contributed by atoms with Gasteiger partial charge >= 0.3 is 0 Å². The summed E-state index contributed by atoms with van der Waals surface area (Å²) in [5, 5.41) is 24.5. The van der Waals surface area contributed by atoms with E-state index in [1.54, 1.807) is 0 Å². The predicted molar refractivity (Wildman–Crippen MR) is 137 cm³/mol. The number of pyridine rings is 1. The number of ether oxygens (including phenoxy) is 1. The van der Waals surface area contributed by atoms with Gasteiger partial charge in [0.1, 0.15) is 6.10 Å². The summed E-state index contributed by atoms with van der Waals surface area (Å²) >= 11 is 0. The molecule has 0 amide bonds. The van der Waals surface area contributed by atoms with Crippen LogP contribution in [0.4, 0.5) is 0 Å². The van der Waals surface area contributed by atoms with Gasteiger partial charge in [0.2, 0.25) is 0 Å². The van der Waals surface area contributed by atoms with Gasteiger partial charge in [-0.1, -0.05) is 43.4 Å². The first-order valence-electron chi connectivity index (χ1n) is 13.0. The Kier molecular flexibility index (Phi) is 4.47. The van der Waals surface area contributed by atoms with E-state index in [0.717, 1.165) is 37.7 Å². The summed E-state index contributed by atoms with van der Waals surface area (Å²) in [5.41, 5.74) is 4.00. The molecular weight excluding hydrogens is 436 g/mol. The lowest BCUT2D eigenvalue weighted by molar-refractivity contribution is -0.161. The molecule has 0 radical (unpaired) electrons. The summed E-state index contributed by atoms with van der Waals surface area (Å²) in [6, 6.07) is 8.55.